The summed E-state index contributed by atoms with van der Waals surface area (Å²) in [4.78, 5) is 0. The van der Waals surface area contributed by atoms with Gasteiger partial charge in [0.15, 0.2) is 0 Å². The molecule has 0 bridgehead atoms. The van der Waals surface area contributed by atoms with Gasteiger partial charge in [-0.05, 0) is 31.0 Å². The van der Waals surface area contributed by atoms with Crippen LogP contribution in [0.1, 0.15) is 22.7 Å². The average Bonchev–Trinajstić information content (AvgIpc) is 2.26. The van der Waals surface area contributed by atoms with E-state index in [2.05, 4.69) is 4.74 Å². The lowest BCUT2D eigenvalue weighted by Crippen LogP contribution is -2.33. The maximum atomic E-state index is 13.7. The molecule has 0 aliphatic heterocycles. The lowest BCUT2D eigenvalue weighted by atomic mass is 9.99. The van der Waals surface area contributed by atoms with Crippen LogP contribution in [0.3, 0.4) is 0 Å². The minimum Gasteiger partial charge on any atom is -0.373 e. The number of hydrogen-bond acceptors (Lipinski definition) is 2. The zero-order valence-corrected chi connectivity index (χ0v) is 11.1. The Bertz CT molecular complexity index is 441. The Labute approximate surface area is 113 Å². The normalized spacial score (nSPS) is 13.8. The highest BCUT2D eigenvalue weighted by molar-refractivity contribution is 5.34. The lowest BCUT2D eigenvalue weighted by molar-refractivity contribution is -0.166. The van der Waals surface area contributed by atoms with Gasteiger partial charge in [-0.25, -0.2) is 13.2 Å². The van der Waals surface area contributed by atoms with Crippen molar-refractivity contribution in [2.75, 3.05) is 13.2 Å². The summed E-state index contributed by atoms with van der Waals surface area (Å²) >= 11 is 0. The molecule has 0 saturated carbocycles. The molecule has 1 rings (SSSR count). The second-order valence-corrected chi connectivity index (χ2v) is 4.66. The molecular formula is C13H16F5NO. The zero-order chi connectivity index (χ0) is 15.5. The Kier molecular flexibility index (Phi) is 5.47. The molecule has 0 fully saturated rings. The molecule has 2 N–H and O–H groups in total. The topological polar surface area (TPSA) is 35.2 Å². The first-order chi connectivity index (χ1) is 9.15. The quantitative estimate of drug-likeness (QED) is 0.817. The van der Waals surface area contributed by atoms with Crippen LogP contribution in [-0.2, 0) is 4.74 Å². The van der Waals surface area contributed by atoms with Gasteiger partial charge in [0.1, 0.15) is 12.4 Å². The maximum absolute atomic E-state index is 13.7. The number of nitrogens with two attached hydrogens (primary N) is 1. The van der Waals surface area contributed by atoms with Crippen LogP contribution in [-0.4, -0.2) is 25.6 Å². The van der Waals surface area contributed by atoms with E-state index in [4.69, 9.17) is 5.73 Å². The summed E-state index contributed by atoms with van der Waals surface area (Å²) in [5.41, 5.74) is 7.04. The van der Waals surface area contributed by atoms with Gasteiger partial charge in [-0.3, -0.25) is 0 Å². The van der Waals surface area contributed by atoms with Crippen molar-refractivity contribution in [2.45, 2.75) is 32.2 Å². The summed E-state index contributed by atoms with van der Waals surface area (Å²) in [6, 6.07) is 1.95. The van der Waals surface area contributed by atoms with Gasteiger partial charge in [0.25, 0.3) is 0 Å². The van der Waals surface area contributed by atoms with Crippen molar-refractivity contribution in [3.8, 4) is 0 Å². The first-order valence-corrected chi connectivity index (χ1v) is 5.91. The van der Waals surface area contributed by atoms with E-state index in [1.165, 1.54) is 6.07 Å². The highest BCUT2D eigenvalue weighted by Gasteiger charge is 2.41. The molecule has 0 heterocycles. The van der Waals surface area contributed by atoms with Crippen LogP contribution < -0.4 is 5.73 Å². The van der Waals surface area contributed by atoms with Crippen LogP contribution in [0.15, 0.2) is 12.1 Å². The van der Waals surface area contributed by atoms with Gasteiger partial charge in [-0.15, -0.1) is 0 Å². The Hall–Kier alpha value is -1.21. The first-order valence-electron chi connectivity index (χ1n) is 5.91. The summed E-state index contributed by atoms with van der Waals surface area (Å²) in [5.74, 6) is -4.81. The number of aryl methyl sites for hydroxylation is 2. The number of halogens is 5. The minimum absolute atomic E-state index is 0.135. The molecule has 0 amide bonds. The van der Waals surface area contributed by atoms with E-state index in [-0.39, 0.29) is 5.56 Å². The van der Waals surface area contributed by atoms with E-state index in [0.717, 1.165) is 0 Å². The fourth-order valence-corrected chi connectivity index (χ4v) is 1.86. The van der Waals surface area contributed by atoms with Gasteiger partial charge in [0.2, 0.25) is 0 Å². The summed E-state index contributed by atoms with van der Waals surface area (Å²) in [6.07, 6.45) is -3.81. The monoisotopic (exact) mass is 297 g/mol. The van der Waals surface area contributed by atoms with Crippen molar-refractivity contribution >= 4 is 0 Å². The highest BCUT2D eigenvalue weighted by Crippen LogP contribution is 2.25. The van der Waals surface area contributed by atoms with Crippen molar-refractivity contribution in [1.82, 2.24) is 0 Å². The molecule has 0 aliphatic carbocycles. The molecule has 0 aliphatic rings. The third kappa shape index (κ3) is 4.14. The van der Waals surface area contributed by atoms with Crippen molar-refractivity contribution in [2.24, 2.45) is 5.73 Å². The van der Waals surface area contributed by atoms with Gasteiger partial charge in [-0.1, -0.05) is 6.07 Å². The Morgan fingerprint density at radius 2 is 1.85 bits per heavy atom. The Morgan fingerprint density at radius 1 is 1.25 bits per heavy atom. The first kappa shape index (κ1) is 16.8. The van der Waals surface area contributed by atoms with Gasteiger partial charge in [0, 0.05) is 5.56 Å². The molecule has 1 atom stereocenters. The van der Waals surface area contributed by atoms with Crippen LogP contribution in [0, 0.1) is 19.7 Å². The van der Waals surface area contributed by atoms with Crippen LogP contribution in [0.4, 0.5) is 22.0 Å². The minimum atomic E-state index is -4.24. The molecule has 1 aromatic rings. The number of alkyl halides is 4. The van der Waals surface area contributed by atoms with E-state index in [0.29, 0.717) is 11.1 Å². The van der Waals surface area contributed by atoms with Gasteiger partial charge < -0.3 is 10.5 Å². The maximum Gasteiger partial charge on any atom is 0.330 e. The summed E-state index contributed by atoms with van der Waals surface area (Å²) in [5, 5.41) is 0. The highest BCUT2D eigenvalue weighted by atomic mass is 19.3. The molecule has 1 aromatic carbocycles. The standard InChI is InChI=1S/C13H16F5NO/c1-7-3-8(2)11(9(14)4-7)10(19)5-20-6-13(17,18)12(15)16/h3-4,10,12H,5-6,19H2,1-2H3. The molecule has 114 valence electrons. The third-order valence-corrected chi connectivity index (χ3v) is 2.76. The molecule has 0 radical (unpaired) electrons. The number of ether oxygens (including phenoxy) is 1. The lowest BCUT2D eigenvalue weighted by Gasteiger charge is -2.19. The van der Waals surface area contributed by atoms with Crippen LogP contribution in [0.5, 0.6) is 0 Å². The van der Waals surface area contributed by atoms with E-state index < -0.39 is 37.4 Å². The van der Waals surface area contributed by atoms with E-state index in [1.54, 1.807) is 19.9 Å². The van der Waals surface area contributed by atoms with Crippen LogP contribution in [0.25, 0.3) is 0 Å². The smallest absolute Gasteiger partial charge is 0.330 e. The molecule has 0 aromatic heterocycles. The van der Waals surface area contributed by atoms with E-state index in [1.807, 2.05) is 0 Å². The van der Waals surface area contributed by atoms with Gasteiger partial charge >= 0.3 is 12.3 Å². The van der Waals surface area contributed by atoms with Crippen molar-refractivity contribution in [1.29, 1.82) is 0 Å². The Balaban J connectivity index is 2.67. The summed E-state index contributed by atoms with van der Waals surface area (Å²) in [6.45, 7) is 1.40. The zero-order valence-electron chi connectivity index (χ0n) is 11.1. The van der Waals surface area contributed by atoms with E-state index in [9.17, 15) is 22.0 Å². The fraction of sp³-hybridized carbons (Fsp3) is 0.538. The second kappa shape index (κ2) is 6.49. The Morgan fingerprint density at radius 3 is 2.35 bits per heavy atom. The van der Waals surface area contributed by atoms with Crippen molar-refractivity contribution in [3.05, 3.63) is 34.6 Å². The molecular weight excluding hydrogens is 281 g/mol. The average molecular weight is 297 g/mol. The number of benzene rings is 1. The number of hydrogen-bond donors (Lipinski definition) is 1. The van der Waals surface area contributed by atoms with E-state index >= 15 is 0 Å². The van der Waals surface area contributed by atoms with Crippen molar-refractivity contribution in [3.63, 3.8) is 0 Å². The largest absolute Gasteiger partial charge is 0.373 e. The van der Waals surface area contributed by atoms with Crippen LogP contribution in [0.2, 0.25) is 0 Å². The molecule has 1 unspecified atom stereocenters. The molecule has 7 heteroatoms. The predicted octanol–water partition coefficient (Wildman–Crippen LogP) is 3.36. The molecule has 0 spiro atoms. The summed E-state index contributed by atoms with van der Waals surface area (Å²) < 4.78 is 67.3. The van der Waals surface area contributed by atoms with Gasteiger partial charge in [0.05, 0.1) is 12.6 Å². The fourth-order valence-electron chi connectivity index (χ4n) is 1.86. The SMILES string of the molecule is Cc1cc(C)c(C(N)COCC(F)(F)C(F)F)c(F)c1. The van der Waals surface area contributed by atoms with Crippen LogP contribution >= 0.6 is 0 Å². The molecule has 2 nitrogen and oxygen atoms in total. The number of rotatable bonds is 6. The van der Waals surface area contributed by atoms with Crippen molar-refractivity contribution < 1.29 is 26.7 Å². The third-order valence-electron chi connectivity index (χ3n) is 2.76. The second-order valence-electron chi connectivity index (χ2n) is 4.66. The molecule has 20 heavy (non-hydrogen) atoms. The molecule has 0 saturated heterocycles. The van der Waals surface area contributed by atoms with Gasteiger partial charge in [-0.2, -0.15) is 8.78 Å². The summed E-state index contributed by atoms with van der Waals surface area (Å²) in [7, 11) is 0. The predicted molar refractivity (Wildman–Crippen MR) is 64.6 cm³/mol.